The van der Waals surface area contributed by atoms with Crippen LogP contribution in [0.25, 0.3) is 0 Å². The molecule has 0 bridgehead atoms. The number of nitrogens with one attached hydrogen (secondary N) is 1. The molecule has 0 fully saturated rings. The average molecular weight is 285 g/mol. The summed E-state index contributed by atoms with van der Waals surface area (Å²) >= 11 is 0. The van der Waals surface area contributed by atoms with Gasteiger partial charge in [-0.15, -0.1) is 0 Å². The molecule has 106 valence electrons. The van der Waals surface area contributed by atoms with Gasteiger partial charge in [0.15, 0.2) is 0 Å². The van der Waals surface area contributed by atoms with Crippen LogP contribution in [0.3, 0.4) is 0 Å². The van der Waals surface area contributed by atoms with E-state index >= 15 is 0 Å². The van der Waals surface area contributed by atoms with Crippen molar-refractivity contribution in [1.29, 1.82) is 0 Å². The minimum atomic E-state index is -0.849. The molecular formula is C14H20FNO2S. The molecule has 19 heavy (non-hydrogen) atoms. The predicted octanol–water partition coefficient (Wildman–Crippen LogP) is 2.40. The Kier molecular flexibility index (Phi) is 4.93. The van der Waals surface area contributed by atoms with Crippen molar-refractivity contribution in [2.75, 3.05) is 19.4 Å². The summed E-state index contributed by atoms with van der Waals surface area (Å²) in [6.07, 6.45) is 3.53. The average Bonchev–Trinajstić information content (AvgIpc) is 2.57. The molecule has 0 saturated heterocycles. The molecule has 0 saturated carbocycles. The van der Waals surface area contributed by atoms with Crippen molar-refractivity contribution in [2.45, 2.75) is 31.1 Å². The second-order valence-electron chi connectivity index (χ2n) is 4.94. The van der Waals surface area contributed by atoms with Gasteiger partial charge in [0.25, 0.3) is 0 Å². The van der Waals surface area contributed by atoms with E-state index in [-0.39, 0.29) is 17.1 Å². The molecule has 1 aliphatic heterocycles. The predicted molar refractivity (Wildman–Crippen MR) is 75.4 cm³/mol. The maximum Gasteiger partial charge on any atom is 0.124 e. The van der Waals surface area contributed by atoms with Crippen molar-refractivity contribution in [1.82, 2.24) is 5.32 Å². The van der Waals surface area contributed by atoms with Crippen LogP contribution in [0.15, 0.2) is 18.2 Å². The fourth-order valence-electron chi connectivity index (χ4n) is 2.19. The van der Waals surface area contributed by atoms with Crippen molar-refractivity contribution < 1.29 is 13.3 Å². The first kappa shape index (κ1) is 14.5. The molecule has 1 aromatic rings. The summed E-state index contributed by atoms with van der Waals surface area (Å²) in [4.78, 5) is 0. The number of hydrogen-bond donors (Lipinski definition) is 1. The highest BCUT2D eigenvalue weighted by Crippen LogP contribution is 2.31. The van der Waals surface area contributed by atoms with Gasteiger partial charge in [0.1, 0.15) is 11.6 Å². The van der Waals surface area contributed by atoms with Gasteiger partial charge in [-0.05, 0) is 38.0 Å². The lowest BCUT2D eigenvalue weighted by Gasteiger charge is -2.20. The molecule has 1 N–H and O–H groups in total. The van der Waals surface area contributed by atoms with Gasteiger partial charge in [0.05, 0.1) is 6.61 Å². The summed E-state index contributed by atoms with van der Waals surface area (Å²) in [5.74, 6) is 0.504. The number of benzene rings is 1. The lowest BCUT2D eigenvalue weighted by Crippen LogP contribution is -2.31. The Morgan fingerprint density at radius 3 is 3.11 bits per heavy atom. The Morgan fingerprint density at radius 2 is 2.37 bits per heavy atom. The zero-order chi connectivity index (χ0) is 13.8. The monoisotopic (exact) mass is 285 g/mol. The Bertz CT molecular complexity index is 467. The summed E-state index contributed by atoms with van der Waals surface area (Å²) < 4.78 is 30.4. The zero-order valence-corrected chi connectivity index (χ0v) is 12.1. The van der Waals surface area contributed by atoms with E-state index in [1.54, 1.807) is 12.3 Å². The van der Waals surface area contributed by atoms with Gasteiger partial charge in [-0.1, -0.05) is 0 Å². The van der Waals surface area contributed by atoms with Crippen molar-refractivity contribution in [3.63, 3.8) is 0 Å². The van der Waals surface area contributed by atoms with E-state index in [0.29, 0.717) is 13.2 Å². The number of fused-ring (bicyclic) bond motifs is 1. The van der Waals surface area contributed by atoms with E-state index in [4.69, 9.17) is 4.74 Å². The van der Waals surface area contributed by atoms with Crippen molar-refractivity contribution >= 4 is 10.8 Å². The van der Waals surface area contributed by atoms with Crippen molar-refractivity contribution in [2.24, 2.45) is 0 Å². The first-order valence-electron chi connectivity index (χ1n) is 6.56. The molecule has 1 heterocycles. The lowest BCUT2D eigenvalue weighted by atomic mass is 10.0. The molecule has 0 radical (unpaired) electrons. The fraction of sp³-hybridized carbons (Fsp3) is 0.571. The summed E-state index contributed by atoms with van der Waals surface area (Å²) in [6, 6.07) is 4.71. The van der Waals surface area contributed by atoms with Crippen LogP contribution in [0, 0.1) is 5.82 Å². The quantitative estimate of drug-likeness (QED) is 0.923. The summed E-state index contributed by atoms with van der Waals surface area (Å²) in [7, 11) is -0.849. The Morgan fingerprint density at radius 1 is 1.58 bits per heavy atom. The third-order valence-electron chi connectivity index (χ3n) is 3.46. The fourth-order valence-corrected chi connectivity index (χ4v) is 2.52. The molecule has 3 unspecified atom stereocenters. The highest BCUT2D eigenvalue weighted by molar-refractivity contribution is 7.84. The number of halogens is 1. The van der Waals surface area contributed by atoms with Gasteiger partial charge < -0.3 is 10.1 Å². The van der Waals surface area contributed by atoms with Crippen LogP contribution >= 0.6 is 0 Å². The highest BCUT2D eigenvalue weighted by Gasteiger charge is 2.21. The standard InChI is InChI=1S/C14H20FNO2S/c1-10(19(2)17)9-16-13-4-3-7-18-14-6-5-11(15)8-12(13)14/h5-6,8,10,13,16H,3-4,7,9H2,1-2H3. The summed E-state index contributed by atoms with van der Waals surface area (Å²) in [6.45, 7) is 3.26. The molecule has 3 atom stereocenters. The summed E-state index contributed by atoms with van der Waals surface area (Å²) in [5.41, 5.74) is 0.867. The van der Waals surface area contributed by atoms with E-state index in [0.717, 1.165) is 24.2 Å². The Labute approximate surface area is 116 Å². The summed E-state index contributed by atoms with van der Waals surface area (Å²) in [5, 5.41) is 3.47. The van der Waals surface area contributed by atoms with Gasteiger partial charge in [-0.3, -0.25) is 4.21 Å². The third kappa shape index (κ3) is 3.76. The van der Waals surface area contributed by atoms with Crippen molar-refractivity contribution in [3.05, 3.63) is 29.6 Å². The topological polar surface area (TPSA) is 38.3 Å². The Balaban J connectivity index is 2.12. The van der Waals surface area contributed by atoms with E-state index in [1.807, 2.05) is 6.92 Å². The molecule has 0 amide bonds. The van der Waals surface area contributed by atoms with Crippen LogP contribution < -0.4 is 10.1 Å². The number of rotatable bonds is 4. The minimum absolute atomic E-state index is 0.0687. The van der Waals surface area contributed by atoms with E-state index in [2.05, 4.69) is 5.32 Å². The number of hydrogen-bond acceptors (Lipinski definition) is 3. The lowest BCUT2D eigenvalue weighted by molar-refractivity contribution is 0.315. The molecule has 5 heteroatoms. The third-order valence-corrected chi connectivity index (χ3v) is 4.76. The van der Waals surface area contributed by atoms with Crippen LogP contribution in [0.5, 0.6) is 5.75 Å². The van der Waals surface area contributed by atoms with Gasteiger partial charge in [0, 0.05) is 40.5 Å². The van der Waals surface area contributed by atoms with E-state index < -0.39 is 10.8 Å². The van der Waals surface area contributed by atoms with Crippen LogP contribution in [0.4, 0.5) is 4.39 Å². The zero-order valence-electron chi connectivity index (χ0n) is 11.3. The first-order valence-corrected chi connectivity index (χ1v) is 8.18. The van der Waals surface area contributed by atoms with Gasteiger partial charge in [-0.2, -0.15) is 0 Å². The smallest absolute Gasteiger partial charge is 0.124 e. The molecule has 1 aromatic carbocycles. The highest BCUT2D eigenvalue weighted by atomic mass is 32.2. The second kappa shape index (κ2) is 6.48. The van der Waals surface area contributed by atoms with Crippen LogP contribution in [0.2, 0.25) is 0 Å². The SMILES string of the molecule is CC(CNC1CCCOc2ccc(F)cc21)S(C)=O. The van der Waals surface area contributed by atoms with Gasteiger partial charge >= 0.3 is 0 Å². The van der Waals surface area contributed by atoms with Crippen LogP contribution in [0.1, 0.15) is 31.4 Å². The molecule has 3 nitrogen and oxygen atoms in total. The van der Waals surface area contributed by atoms with Gasteiger partial charge in [-0.25, -0.2) is 4.39 Å². The number of ether oxygens (including phenoxy) is 1. The molecular weight excluding hydrogens is 265 g/mol. The molecule has 1 aliphatic rings. The molecule has 2 rings (SSSR count). The van der Waals surface area contributed by atoms with E-state index in [9.17, 15) is 8.60 Å². The normalized spacial score (nSPS) is 21.9. The van der Waals surface area contributed by atoms with E-state index in [1.165, 1.54) is 12.1 Å². The van der Waals surface area contributed by atoms with Crippen LogP contribution in [-0.4, -0.2) is 28.9 Å². The Hall–Kier alpha value is -0.940. The maximum absolute atomic E-state index is 13.4. The van der Waals surface area contributed by atoms with Gasteiger partial charge in [0.2, 0.25) is 0 Å². The first-order chi connectivity index (χ1) is 9.08. The largest absolute Gasteiger partial charge is 0.493 e. The molecule has 0 aromatic heterocycles. The molecule has 0 spiro atoms. The minimum Gasteiger partial charge on any atom is -0.493 e. The maximum atomic E-state index is 13.4. The van der Waals surface area contributed by atoms with Crippen molar-refractivity contribution in [3.8, 4) is 5.75 Å². The second-order valence-corrected chi connectivity index (χ2v) is 6.74. The van der Waals surface area contributed by atoms with Crippen LogP contribution in [-0.2, 0) is 10.8 Å². The molecule has 0 aliphatic carbocycles.